The number of piperazine rings is 1. The number of carbonyl (C=O) groups is 2. The standard InChI is InChI=1S/C14H22N2O2S/c1-5-8-19-9-7-16-11(4)13(17)15-12(14(16)18)10(3)6-2/h1,10-12H,6-9H2,2-4H3,(H,15,17). The molecule has 0 aromatic heterocycles. The summed E-state index contributed by atoms with van der Waals surface area (Å²) in [5, 5.41) is 2.83. The Morgan fingerprint density at radius 1 is 1.53 bits per heavy atom. The topological polar surface area (TPSA) is 49.4 Å². The van der Waals surface area contributed by atoms with Gasteiger partial charge < -0.3 is 10.2 Å². The van der Waals surface area contributed by atoms with Crippen LogP contribution in [0.5, 0.6) is 0 Å². The van der Waals surface area contributed by atoms with E-state index in [1.165, 1.54) is 0 Å². The molecule has 0 aromatic rings. The van der Waals surface area contributed by atoms with Gasteiger partial charge in [-0.2, -0.15) is 0 Å². The van der Waals surface area contributed by atoms with Crippen molar-refractivity contribution in [3.63, 3.8) is 0 Å². The molecule has 1 fully saturated rings. The maximum atomic E-state index is 12.4. The second-order valence-electron chi connectivity index (χ2n) is 4.84. The summed E-state index contributed by atoms with van der Waals surface area (Å²) in [6.07, 6.45) is 6.05. The molecule has 0 spiro atoms. The lowest BCUT2D eigenvalue weighted by Crippen LogP contribution is -2.64. The summed E-state index contributed by atoms with van der Waals surface area (Å²) in [7, 11) is 0. The monoisotopic (exact) mass is 282 g/mol. The van der Waals surface area contributed by atoms with Crippen LogP contribution in [0.15, 0.2) is 0 Å². The molecule has 3 unspecified atom stereocenters. The smallest absolute Gasteiger partial charge is 0.246 e. The molecular formula is C14H22N2O2S. The molecule has 1 saturated heterocycles. The summed E-state index contributed by atoms with van der Waals surface area (Å²) in [4.78, 5) is 26.0. The zero-order chi connectivity index (χ0) is 14.4. The summed E-state index contributed by atoms with van der Waals surface area (Å²) < 4.78 is 0. The van der Waals surface area contributed by atoms with E-state index in [0.29, 0.717) is 12.3 Å². The number of nitrogens with zero attached hydrogens (tertiary/aromatic N) is 1. The summed E-state index contributed by atoms with van der Waals surface area (Å²) in [6.45, 7) is 6.36. The molecule has 3 atom stereocenters. The van der Waals surface area contributed by atoms with E-state index in [1.807, 2.05) is 13.8 Å². The van der Waals surface area contributed by atoms with Gasteiger partial charge in [0, 0.05) is 12.3 Å². The summed E-state index contributed by atoms with van der Waals surface area (Å²) >= 11 is 1.61. The first kappa shape index (κ1) is 15.9. The van der Waals surface area contributed by atoms with Crippen LogP contribution in [0.1, 0.15) is 27.2 Å². The minimum absolute atomic E-state index is 0.0303. The van der Waals surface area contributed by atoms with Crippen molar-refractivity contribution in [2.45, 2.75) is 39.3 Å². The van der Waals surface area contributed by atoms with Crippen LogP contribution in [0.3, 0.4) is 0 Å². The molecule has 0 saturated carbocycles. The first-order chi connectivity index (χ1) is 9.02. The molecule has 2 amide bonds. The Balaban J connectivity index is 2.68. The maximum Gasteiger partial charge on any atom is 0.246 e. The van der Waals surface area contributed by atoms with Crippen molar-refractivity contribution in [3.05, 3.63) is 0 Å². The van der Waals surface area contributed by atoms with Gasteiger partial charge in [-0.3, -0.25) is 9.59 Å². The minimum atomic E-state index is -0.390. The summed E-state index contributed by atoms with van der Waals surface area (Å²) in [5.74, 6) is 4.08. The summed E-state index contributed by atoms with van der Waals surface area (Å²) in [6, 6.07) is -0.773. The molecule has 1 rings (SSSR count). The third-order valence-electron chi connectivity index (χ3n) is 3.57. The molecule has 106 valence electrons. The van der Waals surface area contributed by atoms with Crippen molar-refractivity contribution >= 4 is 23.6 Å². The number of carbonyl (C=O) groups excluding carboxylic acids is 2. The van der Waals surface area contributed by atoms with Gasteiger partial charge in [0.05, 0.1) is 5.75 Å². The Labute approximate surface area is 119 Å². The molecule has 1 aliphatic rings. The van der Waals surface area contributed by atoms with Crippen LogP contribution in [0.4, 0.5) is 0 Å². The molecule has 1 aliphatic heterocycles. The molecule has 5 heteroatoms. The first-order valence-corrected chi connectivity index (χ1v) is 7.80. The Morgan fingerprint density at radius 2 is 2.21 bits per heavy atom. The molecule has 0 aliphatic carbocycles. The highest BCUT2D eigenvalue weighted by molar-refractivity contribution is 7.99. The van der Waals surface area contributed by atoms with Gasteiger partial charge >= 0.3 is 0 Å². The van der Waals surface area contributed by atoms with E-state index in [1.54, 1.807) is 23.6 Å². The van der Waals surface area contributed by atoms with Crippen molar-refractivity contribution in [3.8, 4) is 12.3 Å². The lowest BCUT2D eigenvalue weighted by molar-refractivity contribution is -0.149. The zero-order valence-corrected chi connectivity index (χ0v) is 12.6. The Bertz CT molecular complexity index is 378. The molecular weight excluding hydrogens is 260 g/mol. The number of nitrogens with one attached hydrogen (secondary N) is 1. The van der Waals surface area contributed by atoms with Crippen molar-refractivity contribution in [1.82, 2.24) is 10.2 Å². The first-order valence-electron chi connectivity index (χ1n) is 6.65. The van der Waals surface area contributed by atoms with E-state index >= 15 is 0 Å². The molecule has 0 aromatic carbocycles. The molecule has 0 radical (unpaired) electrons. The highest BCUT2D eigenvalue weighted by atomic mass is 32.2. The van der Waals surface area contributed by atoms with Gasteiger partial charge in [-0.25, -0.2) is 0 Å². The van der Waals surface area contributed by atoms with Gasteiger partial charge in [0.2, 0.25) is 11.8 Å². The molecule has 0 bridgehead atoms. The Kier molecular flexibility index (Phi) is 6.23. The zero-order valence-electron chi connectivity index (χ0n) is 11.8. The van der Waals surface area contributed by atoms with E-state index in [4.69, 9.17) is 6.42 Å². The predicted molar refractivity (Wildman–Crippen MR) is 78.7 cm³/mol. The van der Waals surface area contributed by atoms with Crippen molar-refractivity contribution in [2.24, 2.45) is 5.92 Å². The van der Waals surface area contributed by atoms with Crippen molar-refractivity contribution < 1.29 is 9.59 Å². The van der Waals surface area contributed by atoms with Gasteiger partial charge in [-0.05, 0) is 12.8 Å². The molecule has 1 N–H and O–H groups in total. The van der Waals surface area contributed by atoms with Crippen molar-refractivity contribution in [2.75, 3.05) is 18.1 Å². The second-order valence-corrected chi connectivity index (χ2v) is 5.94. The average Bonchev–Trinajstić information content (AvgIpc) is 2.41. The second kappa shape index (κ2) is 7.44. The van der Waals surface area contributed by atoms with E-state index in [-0.39, 0.29) is 29.8 Å². The normalized spacial score (nSPS) is 24.8. The molecule has 19 heavy (non-hydrogen) atoms. The summed E-state index contributed by atoms with van der Waals surface area (Å²) in [5.41, 5.74) is 0. The SMILES string of the molecule is C#CCSCCN1C(=O)C(C(C)CC)NC(=O)C1C. The lowest BCUT2D eigenvalue weighted by Gasteiger charge is -2.39. The van der Waals surface area contributed by atoms with Gasteiger partial charge in [0.25, 0.3) is 0 Å². The third kappa shape index (κ3) is 3.90. The van der Waals surface area contributed by atoms with Crippen LogP contribution >= 0.6 is 11.8 Å². The molecule has 4 nitrogen and oxygen atoms in total. The van der Waals surface area contributed by atoms with Gasteiger partial charge in [-0.15, -0.1) is 18.2 Å². The highest BCUT2D eigenvalue weighted by Crippen LogP contribution is 2.18. The van der Waals surface area contributed by atoms with Crippen LogP contribution in [0.25, 0.3) is 0 Å². The minimum Gasteiger partial charge on any atom is -0.342 e. The van der Waals surface area contributed by atoms with E-state index in [9.17, 15) is 9.59 Å². The number of amides is 2. The van der Waals surface area contributed by atoms with E-state index in [2.05, 4.69) is 11.2 Å². The Morgan fingerprint density at radius 3 is 2.79 bits per heavy atom. The largest absolute Gasteiger partial charge is 0.342 e. The quantitative estimate of drug-likeness (QED) is 0.586. The number of hydrogen-bond acceptors (Lipinski definition) is 3. The van der Waals surface area contributed by atoms with Crippen LogP contribution in [-0.4, -0.2) is 46.8 Å². The fourth-order valence-electron chi connectivity index (χ4n) is 2.07. The number of thioether (sulfide) groups is 1. The van der Waals surface area contributed by atoms with Gasteiger partial charge in [-0.1, -0.05) is 26.2 Å². The Hall–Kier alpha value is -1.15. The highest BCUT2D eigenvalue weighted by Gasteiger charge is 2.39. The average molecular weight is 282 g/mol. The lowest BCUT2D eigenvalue weighted by atomic mass is 9.94. The van der Waals surface area contributed by atoms with Crippen LogP contribution < -0.4 is 5.32 Å². The number of terminal acetylenes is 1. The number of rotatable bonds is 6. The van der Waals surface area contributed by atoms with Crippen LogP contribution in [0, 0.1) is 18.3 Å². The fourth-order valence-corrected chi connectivity index (χ4v) is 2.65. The maximum absolute atomic E-state index is 12.4. The van der Waals surface area contributed by atoms with Gasteiger partial charge in [0.15, 0.2) is 0 Å². The van der Waals surface area contributed by atoms with E-state index in [0.717, 1.165) is 12.2 Å². The van der Waals surface area contributed by atoms with Crippen LogP contribution in [-0.2, 0) is 9.59 Å². The van der Waals surface area contributed by atoms with Crippen LogP contribution in [0.2, 0.25) is 0 Å². The fraction of sp³-hybridized carbons (Fsp3) is 0.714. The van der Waals surface area contributed by atoms with Crippen molar-refractivity contribution in [1.29, 1.82) is 0 Å². The third-order valence-corrected chi connectivity index (χ3v) is 4.41. The molecule has 1 heterocycles. The predicted octanol–water partition coefficient (Wildman–Crippen LogP) is 1.11. The van der Waals surface area contributed by atoms with E-state index < -0.39 is 0 Å². The number of hydrogen-bond donors (Lipinski definition) is 1. The van der Waals surface area contributed by atoms with Gasteiger partial charge in [0.1, 0.15) is 12.1 Å².